The highest BCUT2D eigenvalue weighted by atomic mass is 16.5. The van der Waals surface area contributed by atoms with Gasteiger partial charge in [0.15, 0.2) is 11.5 Å². The molecule has 0 aliphatic carbocycles. The Kier molecular flexibility index (Phi) is 4.09. The fourth-order valence-corrected chi connectivity index (χ4v) is 2.59. The first-order valence-corrected chi connectivity index (χ1v) is 6.41. The summed E-state index contributed by atoms with van der Waals surface area (Å²) in [5, 5.41) is 11.4. The number of nitrogens with zero attached hydrogens (tertiary/aromatic N) is 1. The zero-order chi connectivity index (χ0) is 13.1. The Labute approximate surface area is 108 Å². The molecule has 0 saturated carbocycles. The summed E-state index contributed by atoms with van der Waals surface area (Å²) in [6.45, 7) is 2.80. The first-order valence-electron chi connectivity index (χ1n) is 6.41. The van der Waals surface area contributed by atoms with Gasteiger partial charge in [-0.3, -0.25) is 0 Å². The van der Waals surface area contributed by atoms with Crippen LogP contribution in [0, 0.1) is 0 Å². The molecule has 0 saturated heterocycles. The highest BCUT2D eigenvalue weighted by molar-refractivity contribution is 5.49. The van der Waals surface area contributed by atoms with Gasteiger partial charge in [-0.15, -0.1) is 0 Å². The lowest BCUT2D eigenvalue weighted by Crippen LogP contribution is -2.32. The van der Waals surface area contributed by atoms with Crippen molar-refractivity contribution in [3.8, 4) is 11.5 Å². The van der Waals surface area contributed by atoms with Crippen molar-refractivity contribution >= 4 is 0 Å². The minimum atomic E-state index is 0.0681. The number of fused-ring (bicyclic) bond motifs is 1. The SMILES string of the molecule is CCCC1c2cc(OC)c(OC)cc2CCN1O. The molecule has 0 aromatic heterocycles. The number of hydroxylamine groups is 2. The Morgan fingerprint density at radius 2 is 1.94 bits per heavy atom. The molecule has 1 aliphatic heterocycles. The van der Waals surface area contributed by atoms with Crippen molar-refractivity contribution in [3.05, 3.63) is 23.3 Å². The van der Waals surface area contributed by atoms with E-state index in [0.29, 0.717) is 6.54 Å². The first kappa shape index (κ1) is 13.2. The van der Waals surface area contributed by atoms with Crippen LogP contribution in [-0.4, -0.2) is 31.0 Å². The van der Waals surface area contributed by atoms with Crippen LogP contribution in [0.4, 0.5) is 0 Å². The molecule has 1 N–H and O–H groups in total. The van der Waals surface area contributed by atoms with Gasteiger partial charge in [0.1, 0.15) is 0 Å². The van der Waals surface area contributed by atoms with Gasteiger partial charge in [-0.25, -0.2) is 0 Å². The second-order valence-corrected chi connectivity index (χ2v) is 4.62. The molecule has 0 spiro atoms. The Hall–Kier alpha value is -1.26. The van der Waals surface area contributed by atoms with Crippen molar-refractivity contribution in [2.75, 3.05) is 20.8 Å². The molecule has 1 unspecified atom stereocenters. The fourth-order valence-electron chi connectivity index (χ4n) is 2.59. The molecule has 1 aromatic carbocycles. The van der Waals surface area contributed by atoms with E-state index in [-0.39, 0.29) is 6.04 Å². The molecule has 4 nitrogen and oxygen atoms in total. The van der Waals surface area contributed by atoms with Crippen LogP contribution in [0.3, 0.4) is 0 Å². The van der Waals surface area contributed by atoms with Crippen LogP contribution in [0.25, 0.3) is 0 Å². The average Bonchev–Trinajstić information content (AvgIpc) is 2.40. The van der Waals surface area contributed by atoms with Gasteiger partial charge >= 0.3 is 0 Å². The van der Waals surface area contributed by atoms with E-state index in [1.54, 1.807) is 14.2 Å². The second-order valence-electron chi connectivity index (χ2n) is 4.62. The maximum Gasteiger partial charge on any atom is 0.161 e. The van der Waals surface area contributed by atoms with Gasteiger partial charge in [0.05, 0.1) is 20.3 Å². The Morgan fingerprint density at radius 1 is 1.28 bits per heavy atom. The number of benzene rings is 1. The highest BCUT2D eigenvalue weighted by Crippen LogP contribution is 2.38. The molecule has 0 radical (unpaired) electrons. The summed E-state index contributed by atoms with van der Waals surface area (Å²) in [7, 11) is 3.29. The quantitative estimate of drug-likeness (QED) is 0.893. The van der Waals surface area contributed by atoms with E-state index in [0.717, 1.165) is 36.3 Å². The predicted molar refractivity (Wildman–Crippen MR) is 69.4 cm³/mol. The second kappa shape index (κ2) is 5.59. The third-order valence-corrected chi connectivity index (χ3v) is 3.54. The number of methoxy groups -OCH3 is 2. The van der Waals surface area contributed by atoms with Crippen molar-refractivity contribution in [1.29, 1.82) is 0 Å². The molecule has 0 fully saturated rings. The highest BCUT2D eigenvalue weighted by Gasteiger charge is 2.27. The Bertz CT molecular complexity index is 420. The Morgan fingerprint density at radius 3 is 2.56 bits per heavy atom. The number of ether oxygens (including phenoxy) is 2. The van der Waals surface area contributed by atoms with Gasteiger partial charge in [0.2, 0.25) is 0 Å². The van der Waals surface area contributed by atoms with Crippen LogP contribution in [0.2, 0.25) is 0 Å². The van der Waals surface area contributed by atoms with Crippen LogP contribution in [0.1, 0.15) is 36.9 Å². The maximum absolute atomic E-state index is 10.00. The topological polar surface area (TPSA) is 41.9 Å². The molecular formula is C14H21NO3. The van der Waals surface area contributed by atoms with Crippen molar-refractivity contribution in [1.82, 2.24) is 5.06 Å². The van der Waals surface area contributed by atoms with Gasteiger partial charge in [-0.1, -0.05) is 13.3 Å². The van der Waals surface area contributed by atoms with E-state index in [4.69, 9.17) is 9.47 Å². The van der Waals surface area contributed by atoms with Crippen molar-refractivity contribution in [2.45, 2.75) is 32.2 Å². The van der Waals surface area contributed by atoms with Gasteiger partial charge in [0, 0.05) is 6.54 Å². The lowest BCUT2D eigenvalue weighted by molar-refractivity contribution is -0.135. The summed E-state index contributed by atoms with van der Waals surface area (Å²) < 4.78 is 10.7. The minimum Gasteiger partial charge on any atom is -0.493 e. The summed E-state index contributed by atoms with van der Waals surface area (Å²) in [5.74, 6) is 1.49. The van der Waals surface area contributed by atoms with Gasteiger partial charge < -0.3 is 14.7 Å². The standard InChI is InChI=1S/C14H21NO3/c1-4-5-12-11-9-14(18-3)13(17-2)8-10(11)6-7-15(12)16/h8-9,12,16H,4-7H2,1-3H3. The third-order valence-electron chi connectivity index (χ3n) is 3.54. The van der Waals surface area contributed by atoms with Crippen molar-refractivity contribution < 1.29 is 14.7 Å². The third kappa shape index (κ3) is 2.31. The molecular weight excluding hydrogens is 230 g/mol. The molecule has 2 rings (SSSR count). The normalized spacial score (nSPS) is 19.4. The zero-order valence-corrected chi connectivity index (χ0v) is 11.3. The van der Waals surface area contributed by atoms with Crippen molar-refractivity contribution in [3.63, 3.8) is 0 Å². The summed E-state index contributed by atoms with van der Waals surface area (Å²) >= 11 is 0. The van der Waals surface area contributed by atoms with Crippen LogP contribution >= 0.6 is 0 Å². The maximum atomic E-state index is 10.00. The van der Waals surface area contributed by atoms with Crippen LogP contribution in [0.15, 0.2) is 12.1 Å². The molecule has 18 heavy (non-hydrogen) atoms. The summed E-state index contributed by atoms with van der Waals surface area (Å²) in [4.78, 5) is 0. The smallest absolute Gasteiger partial charge is 0.161 e. The van der Waals surface area contributed by atoms with Gasteiger partial charge in [-0.05, 0) is 36.1 Å². The van der Waals surface area contributed by atoms with Gasteiger partial charge in [-0.2, -0.15) is 5.06 Å². The molecule has 0 amide bonds. The summed E-state index contributed by atoms with van der Waals surface area (Å²) in [6, 6.07) is 4.10. The number of hydrogen-bond acceptors (Lipinski definition) is 4. The van der Waals surface area contributed by atoms with Gasteiger partial charge in [0.25, 0.3) is 0 Å². The van der Waals surface area contributed by atoms with E-state index >= 15 is 0 Å². The molecule has 4 heteroatoms. The number of hydrogen-bond donors (Lipinski definition) is 1. The van der Waals surface area contributed by atoms with E-state index in [9.17, 15) is 5.21 Å². The van der Waals surface area contributed by atoms with Crippen LogP contribution in [0.5, 0.6) is 11.5 Å². The monoisotopic (exact) mass is 251 g/mol. The molecule has 1 atom stereocenters. The predicted octanol–water partition coefficient (Wildman–Crippen LogP) is 2.79. The van der Waals surface area contributed by atoms with E-state index in [1.807, 2.05) is 12.1 Å². The van der Waals surface area contributed by atoms with E-state index in [1.165, 1.54) is 10.6 Å². The molecule has 0 bridgehead atoms. The summed E-state index contributed by atoms with van der Waals surface area (Å²) in [6.07, 6.45) is 2.82. The largest absolute Gasteiger partial charge is 0.493 e. The van der Waals surface area contributed by atoms with Crippen LogP contribution in [-0.2, 0) is 6.42 Å². The first-order chi connectivity index (χ1) is 8.71. The minimum absolute atomic E-state index is 0.0681. The van der Waals surface area contributed by atoms with Crippen LogP contribution < -0.4 is 9.47 Å². The Balaban J connectivity index is 2.44. The molecule has 1 aromatic rings. The molecule has 1 aliphatic rings. The fraction of sp³-hybridized carbons (Fsp3) is 0.571. The number of rotatable bonds is 4. The molecule has 100 valence electrons. The van der Waals surface area contributed by atoms with Crippen molar-refractivity contribution in [2.24, 2.45) is 0 Å². The van der Waals surface area contributed by atoms with E-state index < -0.39 is 0 Å². The molecule has 1 heterocycles. The van der Waals surface area contributed by atoms with E-state index in [2.05, 4.69) is 6.92 Å². The zero-order valence-electron chi connectivity index (χ0n) is 11.3. The average molecular weight is 251 g/mol. The summed E-state index contributed by atoms with van der Waals surface area (Å²) in [5.41, 5.74) is 2.40. The lowest BCUT2D eigenvalue weighted by Gasteiger charge is -2.33. The lowest BCUT2D eigenvalue weighted by atomic mass is 9.91.